The van der Waals surface area contributed by atoms with E-state index in [9.17, 15) is 9.59 Å². The Morgan fingerprint density at radius 1 is 1.27 bits per heavy atom. The average molecular weight is 358 g/mol. The van der Waals surface area contributed by atoms with E-state index in [1.54, 1.807) is 6.20 Å². The number of ether oxygens (including phenoxy) is 1. The number of pyridine rings is 1. The highest BCUT2D eigenvalue weighted by molar-refractivity contribution is 5.90. The number of nitrogens with zero attached hydrogens (tertiary/aromatic N) is 1. The number of rotatable bonds is 7. The van der Waals surface area contributed by atoms with Gasteiger partial charge < -0.3 is 4.74 Å². The van der Waals surface area contributed by atoms with E-state index in [2.05, 4.69) is 4.98 Å². The van der Waals surface area contributed by atoms with Crippen LogP contribution in [0.5, 0.6) is 0 Å². The molecule has 0 atom stereocenters. The standard InChI is InChI=1S/C20H26N2O4/c23-18(22-25)9-8-16-7-6-15(14-21-16)10-13-20(11-3-12-20)19(24)26-17-4-1-2-5-17/h6-9,14,17,25H,1-5,10-13H2,(H,22,23)/b9-8+. The minimum Gasteiger partial charge on any atom is -0.462 e. The quantitative estimate of drug-likeness (QED) is 0.338. The third-order valence-corrected chi connectivity index (χ3v) is 5.58. The van der Waals surface area contributed by atoms with Gasteiger partial charge in [0.2, 0.25) is 0 Å². The number of aromatic nitrogens is 1. The number of hydroxylamine groups is 1. The molecule has 2 saturated carbocycles. The molecular formula is C20H26N2O4. The molecule has 0 aliphatic heterocycles. The first-order valence-corrected chi connectivity index (χ1v) is 9.39. The van der Waals surface area contributed by atoms with Crippen LogP contribution in [-0.4, -0.2) is 28.2 Å². The smallest absolute Gasteiger partial charge is 0.312 e. The van der Waals surface area contributed by atoms with Gasteiger partial charge in [0.05, 0.1) is 11.1 Å². The molecule has 2 aliphatic carbocycles. The van der Waals surface area contributed by atoms with Gasteiger partial charge in [0.15, 0.2) is 0 Å². The fourth-order valence-corrected chi connectivity index (χ4v) is 3.71. The monoisotopic (exact) mass is 358 g/mol. The van der Waals surface area contributed by atoms with Crippen molar-refractivity contribution >= 4 is 18.0 Å². The van der Waals surface area contributed by atoms with E-state index in [0.29, 0.717) is 5.69 Å². The number of hydrogen-bond acceptors (Lipinski definition) is 5. The van der Waals surface area contributed by atoms with Crippen LogP contribution in [0.15, 0.2) is 24.4 Å². The van der Waals surface area contributed by atoms with Crippen LogP contribution in [0.25, 0.3) is 6.08 Å². The van der Waals surface area contributed by atoms with E-state index in [0.717, 1.165) is 63.4 Å². The predicted molar refractivity (Wildman–Crippen MR) is 96.2 cm³/mol. The maximum atomic E-state index is 12.7. The van der Waals surface area contributed by atoms with Gasteiger partial charge >= 0.3 is 5.97 Å². The fourth-order valence-electron chi connectivity index (χ4n) is 3.71. The van der Waals surface area contributed by atoms with Gasteiger partial charge in [-0.3, -0.25) is 19.8 Å². The van der Waals surface area contributed by atoms with Crippen molar-refractivity contribution < 1.29 is 19.5 Å². The summed E-state index contributed by atoms with van der Waals surface area (Å²) in [5, 5.41) is 8.46. The summed E-state index contributed by atoms with van der Waals surface area (Å²) in [4.78, 5) is 27.9. The van der Waals surface area contributed by atoms with Gasteiger partial charge in [0, 0.05) is 12.3 Å². The zero-order chi connectivity index (χ0) is 18.4. The maximum absolute atomic E-state index is 12.7. The van der Waals surface area contributed by atoms with Gasteiger partial charge in [-0.25, -0.2) is 5.48 Å². The number of aryl methyl sites for hydroxylation is 1. The van der Waals surface area contributed by atoms with E-state index in [4.69, 9.17) is 9.94 Å². The van der Waals surface area contributed by atoms with Crippen LogP contribution in [-0.2, 0) is 20.7 Å². The molecule has 2 N–H and O–H groups in total. The van der Waals surface area contributed by atoms with E-state index in [-0.39, 0.29) is 17.5 Å². The molecule has 0 saturated heterocycles. The Hall–Kier alpha value is -2.21. The maximum Gasteiger partial charge on any atom is 0.312 e. The van der Waals surface area contributed by atoms with Crippen LogP contribution in [0.2, 0.25) is 0 Å². The van der Waals surface area contributed by atoms with Crippen LogP contribution in [0, 0.1) is 5.41 Å². The van der Waals surface area contributed by atoms with Gasteiger partial charge in [-0.1, -0.05) is 12.5 Å². The summed E-state index contributed by atoms with van der Waals surface area (Å²) in [6, 6.07) is 3.78. The lowest BCUT2D eigenvalue weighted by atomic mass is 9.65. The minimum absolute atomic E-state index is 0.00169. The molecule has 6 heteroatoms. The summed E-state index contributed by atoms with van der Waals surface area (Å²) < 4.78 is 5.77. The predicted octanol–water partition coefficient (Wildman–Crippen LogP) is 3.19. The zero-order valence-electron chi connectivity index (χ0n) is 14.9. The Kier molecular flexibility index (Phi) is 6.04. The van der Waals surface area contributed by atoms with E-state index >= 15 is 0 Å². The van der Waals surface area contributed by atoms with Crippen molar-refractivity contribution in [2.45, 2.75) is 63.9 Å². The highest BCUT2D eigenvalue weighted by Crippen LogP contribution is 2.46. The summed E-state index contributed by atoms with van der Waals surface area (Å²) in [7, 11) is 0. The molecule has 1 heterocycles. The molecule has 1 aromatic heterocycles. The van der Waals surface area contributed by atoms with E-state index in [1.807, 2.05) is 12.1 Å². The first kappa shape index (κ1) is 18.6. The molecule has 0 aromatic carbocycles. The van der Waals surface area contributed by atoms with Gasteiger partial charge in [-0.05, 0) is 69.1 Å². The summed E-state index contributed by atoms with van der Waals surface area (Å²) in [5.74, 6) is -0.596. The van der Waals surface area contributed by atoms with Gasteiger partial charge in [-0.15, -0.1) is 0 Å². The molecule has 0 spiro atoms. The van der Waals surface area contributed by atoms with Crippen LogP contribution in [0.4, 0.5) is 0 Å². The van der Waals surface area contributed by atoms with E-state index in [1.165, 1.54) is 17.6 Å². The second kappa shape index (κ2) is 8.45. The molecule has 26 heavy (non-hydrogen) atoms. The lowest BCUT2D eigenvalue weighted by Crippen LogP contribution is -2.41. The molecule has 0 radical (unpaired) electrons. The molecule has 2 fully saturated rings. The molecular weight excluding hydrogens is 332 g/mol. The molecule has 0 bridgehead atoms. The van der Waals surface area contributed by atoms with Gasteiger partial charge in [0.25, 0.3) is 5.91 Å². The SMILES string of the molecule is O=C(/C=C/c1ccc(CCC2(C(=O)OC3CCCC3)CCC2)cn1)NO. The Morgan fingerprint density at radius 2 is 2.04 bits per heavy atom. The first-order chi connectivity index (χ1) is 12.6. The van der Waals surface area contributed by atoms with Crippen molar-refractivity contribution in [1.82, 2.24) is 10.5 Å². The third-order valence-electron chi connectivity index (χ3n) is 5.58. The number of carbonyl (C=O) groups is 2. The topological polar surface area (TPSA) is 88.5 Å². The van der Waals surface area contributed by atoms with Crippen molar-refractivity contribution in [3.63, 3.8) is 0 Å². The largest absolute Gasteiger partial charge is 0.462 e. The fraction of sp³-hybridized carbons (Fsp3) is 0.550. The van der Waals surface area contributed by atoms with Crippen molar-refractivity contribution in [2.75, 3.05) is 0 Å². The molecule has 3 rings (SSSR count). The van der Waals surface area contributed by atoms with Crippen LogP contribution >= 0.6 is 0 Å². The summed E-state index contributed by atoms with van der Waals surface area (Å²) in [6.07, 6.45) is 13.5. The Balaban J connectivity index is 1.54. The number of esters is 1. The zero-order valence-corrected chi connectivity index (χ0v) is 14.9. The van der Waals surface area contributed by atoms with Crippen molar-refractivity contribution in [3.05, 3.63) is 35.7 Å². The molecule has 140 valence electrons. The van der Waals surface area contributed by atoms with Crippen molar-refractivity contribution in [3.8, 4) is 0 Å². The Morgan fingerprint density at radius 3 is 2.62 bits per heavy atom. The van der Waals surface area contributed by atoms with Crippen LogP contribution in [0.3, 0.4) is 0 Å². The summed E-state index contributed by atoms with van der Waals surface area (Å²) >= 11 is 0. The molecule has 6 nitrogen and oxygen atoms in total. The lowest BCUT2D eigenvalue weighted by Gasteiger charge is -2.40. The Bertz CT molecular complexity index is 659. The van der Waals surface area contributed by atoms with Gasteiger partial charge in [-0.2, -0.15) is 0 Å². The highest BCUT2D eigenvalue weighted by Gasteiger charge is 2.45. The molecule has 1 amide bonds. The summed E-state index contributed by atoms with van der Waals surface area (Å²) in [6.45, 7) is 0. The number of amides is 1. The third kappa shape index (κ3) is 4.49. The Labute approximate surface area is 153 Å². The average Bonchev–Trinajstić information content (AvgIpc) is 3.12. The first-order valence-electron chi connectivity index (χ1n) is 9.39. The van der Waals surface area contributed by atoms with Crippen LogP contribution in [0.1, 0.15) is 62.6 Å². The normalized spacial score (nSPS) is 19.3. The van der Waals surface area contributed by atoms with Crippen molar-refractivity contribution in [2.24, 2.45) is 5.41 Å². The van der Waals surface area contributed by atoms with E-state index < -0.39 is 5.91 Å². The number of nitrogens with one attached hydrogen (secondary N) is 1. The van der Waals surface area contributed by atoms with Crippen LogP contribution < -0.4 is 5.48 Å². The lowest BCUT2D eigenvalue weighted by molar-refractivity contribution is -0.167. The van der Waals surface area contributed by atoms with Crippen molar-refractivity contribution in [1.29, 1.82) is 0 Å². The van der Waals surface area contributed by atoms with Gasteiger partial charge in [0.1, 0.15) is 6.10 Å². The number of hydrogen-bond donors (Lipinski definition) is 2. The second-order valence-electron chi connectivity index (χ2n) is 7.35. The molecule has 0 unspecified atom stereocenters. The molecule has 2 aliphatic rings. The summed E-state index contributed by atoms with van der Waals surface area (Å²) in [5.41, 5.74) is 2.93. The second-order valence-corrected chi connectivity index (χ2v) is 7.35. The molecule has 1 aromatic rings. The minimum atomic E-state index is -0.594. The number of carbonyl (C=O) groups excluding carboxylic acids is 2. The highest BCUT2D eigenvalue weighted by atomic mass is 16.5.